The number of hydrogen-bond acceptors (Lipinski definition) is 8. The van der Waals surface area contributed by atoms with Crippen LogP contribution in [0.4, 0.5) is 14.9 Å². The Morgan fingerprint density at radius 1 is 0.913 bits per heavy atom. The minimum Gasteiger partial charge on any atom is -0.444 e. The van der Waals surface area contributed by atoms with E-state index in [-0.39, 0.29) is 49.5 Å². The van der Waals surface area contributed by atoms with Crippen molar-refractivity contribution in [1.29, 1.82) is 0 Å². The molecule has 6 rings (SSSR count). The number of halogens is 1. The average Bonchev–Trinajstić information content (AvgIpc) is 3.35. The molecule has 46 heavy (non-hydrogen) atoms. The SMILES string of the molecule is CC(C)(C)OC(=O)N1CCN(C[C@H]2CC[C@H](OC3CCN(c4ccc5c(c4F)CN(C4CCC(=O)NC4=O)C5=O)CC3)CC2)CC1. The van der Waals surface area contributed by atoms with Crippen molar-refractivity contribution >= 4 is 29.5 Å². The molecule has 1 atom stereocenters. The highest BCUT2D eigenvalue weighted by atomic mass is 19.1. The highest BCUT2D eigenvalue weighted by Gasteiger charge is 2.41. The van der Waals surface area contributed by atoms with E-state index in [2.05, 4.69) is 10.2 Å². The van der Waals surface area contributed by atoms with Gasteiger partial charge >= 0.3 is 6.09 Å². The maximum absolute atomic E-state index is 15.8. The van der Waals surface area contributed by atoms with Crippen LogP contribution < -0.4 is 10.2 Å². The molecule has 0 aromatic heterocycles. The summed E-state index contributed by atoms with van der Waals surface area (Å²) in [7, 11) is 0. The lowest BCUT2D eigenvalue weighted by molar-refractivity contribution is -0.136. The Bertz CT molecular complexity index is 1330. The third-order valence-corrected chi connectivity index (χ3v) is 10.1. The van der Waals surface area contributed by atoms with E-state index >= 15 is 4.39 Å². The van der Waals surface area contributed by atoms with Gasteiger partial charge in [-0.1, -0.05) is 0 Å². The fraction of sp³-hybridized carbons (Fsp3) is 0.706. The van der Waals surface area contributed by atoms with E-state index in [9.17, 15) is 19.2 Å². The molecule has 252 valence electrons. The maximum Gasteiger partial charge on any atom is 0.410 e. The summed E-state index contributed by atoms with van der Waals surface area (Å²) in [6, 6.07) is 2.59. The largest absolute Gasteiger partial charge is 0.444 e. The van der Waals surface area contributed by atoms with Crippen LogP contribution in [0.2, 0.25) is 0 Å². The summed E-state index contributed by atoms with van der Waals surface area (Å²) < 4.78 is 27.9. The van der Waals surface area contributed by atoms with Crippen molar-refractivity contribution in [2.24, 2.45) is 5.92 Å². The first-order valence-electron chi connectivity index (χ1n) is 17.0. The van der Waals surface area contributed by atoms with Crippen LogP contribution in [0.1, 0.15) is 88.1 Å². The monoisotopic (exact) mass is 641 g/mol. The van der Waals surface area contributed by atoms with E-state index in [1.165, 1.54) is 4.90 Å². The number of carbonyl (C=O) groups excluding carboxylic acids is 4. The number of piperazine rings is 1. The fourth-order valence-electron chi connectivity index (χ4n) is 7.60. The van der Waals surface area contributed by atoms with E-state index in [1.807, 2.05) is 30.6 Å². The molecule has 4 fully saturated rings. The first-order chi connectivity index (χ1) is 21.9. The number of imide groups is 1. The molecule has 1 unspecified atom stereocenters. The third-order valence-electron chi connectivity index (χ3n) is 10.1. The zero-order chi connectivity index (χ0) is 32.6. The van der Waals surface area contributed by atoms with Crippen molar-refractivity contribution in [1.82, 2.24) is 20.0 Å². The summed E-state index contributed by atoms with van der Waals surface area (Å²) in [6.45, 7) is 11.3. The predicted octanol–water partition coefficient (Wildman–Crippen LogP) is 3.68. The van der Waals surface area contributed by atoms with Crippen LogP contribution in [0.3, 0.4) is 0 Å². The molecular weight excluding hydrogens is 593 g/mol. The van der Waals surface area contributed by atoms with Gasteiger partial charge in [0.2, 0.25) is 11.8 Å². The number of ether oxygens (including phenoxy) is 2. The molecule has 12 heteroatoms. The second-order valence-electron chi connectivity index (χ2n) is 14.6. The molecule has 11 nitrogen and oxygen atoms in total. The van der Waals surface area contributed by atoms with E-state index < -0.39 is 23.4 Å². The summed E-state index contributed by atoms with van der Waals surface area (Å²) in [4.78, 5) is 57.0. The number of amides is 4. The molecular formula is C34H48FN5O6. The van der Waals surface area contributed by atoms with Crippen molar-refractivity contribution in [3.63, 3.8) is 0 Å². The number of anilines is 1. The standard InChI is InChI=1S/C34H48FN5O6/c1-34(2,3)46-33(44)39-18-16-37(17-19-39)20-22-4-6-23(7-5-22)45-24-12-14-38(15-13-24)27-9-8-25-26(30(27)35)21-40(32(25)43)28-10-11-29(41)36-31(28)42/h8-9,22-24,28H,4-7,10-21H2,1-3H3,(H,36,41,42)/t22-,23-,28?. The van der Waals surface area contributed by atoms with Gasteiger partial charge in [0.05, 0.1) is 24.4 Å². The second-order valence-corrected chi connectivity index (χ2v) is 14.6. The number of benzene rings is 1. The van der Waals surface area contributed by atoms with Gasteiger partial charge < -0.3 is 24.2 Å². The number of nitrogens with one attached hydrogen (secondary N) is 1. The first kappa shape index (κ1) is 32.7. The minimum absolute atomic E-state index is 0.0324. The Labute approximate surface area is 270 Å². The van der Waals surface area contributed by atoms with Crippen molar-refractivity contribution < 1.29 is 33.0 Å². The summed E-state index contributed by atoms with van der Waals surface area (Å²) in [5, 5.41) is 2.29. The lowest BCUT2D eigenvalue weighted by atomic mass is 9.86. The zero-order valence-corrected chi connectivity index (χ0v) is 27.4. The van der Waals surface area contributed by atoms with Crippen LogP contribution >= 0.6 is 0 Å². The molecule has 5 aliphatic rings. The Kier molecular flexibility index (Phi) is 9.57. The van der Waals surface area contributed by atoms with Crippen LogP contribution in [-0.2, 0) is 25.6 Å². The summed E-state index contributed by atoms with van der Waals surface area (Å²) >= 11 is 0. The Morgan fingerprint density at radius 2 is 1.59 bits per heavy atom. The molecule has 1 N–H and O–H groups in total. The van der Waals surface area contributed by atoms with E-state index in [0.717, 1.165) is 58.2 Å². The molecule has 0 bridgehead atoms. The van der Waals surface area contributed by atoms with Gasteiger partial charge in [0.15, 0.2) is 5.82 Å². The van der Waals surface area contributed by atoms with Gasteiger partial charge in [-0.15, -0.1) is 0 Å². The van der Waals surface area contributed by atoms with Gasteiger partial charge in [-0.25, -0.2) is 9.18 Å². The van der Waals surface area contributed by atoms with E-state index in [1.54, 1.807) is 12.1 Å². The second kappa shape index (κ2) is 13.5. The molecule has 3 saturated heterocycles. The number of piperidine rings is 2. The van der Waals surface area contributed by atoms with Gasteiger partial charge in [-0.2, -0.15) is 0 Å². The molecule has 1 saturated carbocycles. The number of nitrogens with zero attached hydrogens (tertiary/aromatic N) is 4. The lowest BCUT2D eigenvalue weighted by Gasteiger charge is -2.39. The predicted molar refractivity (Wildman–Crippen MR) is 169 cm³/mol. The smallest absolute Gasteiger partial charge is 0.410 e. The first-order valence-corrected chi connectivity index (χ1v) is 17.0. The summed E-state index contributed by atoms with van der Waals surface area (Å²) in [5.41, 5.74) is 0.637. The van der Waals surface area contributed by atoms with Crippen LogP contribution in [-0.4, -0.2) is 108 Å². The molecule has 4 amide bonds. The van der Waals surface area contributed by atoms with Crippen LogP contribution in [0.15, 0.2) is 12.1 Å². The molecule has 0 spiro atoms. The number of hydrogen-bond donors (Lipinski definition) is 1. The highest BCUT2D eigenvalue weighted by molar-refractivity contribution is 6.05. The molecule has 1 aromatic rings. The normalized spacial score (nSPS) is 26.7. The van der Waals surface area contributed by atoms with E-state index in [0.29, 0.717) is 48.9 Å². The molecule has 1 aromatic carbocycles. The number of fused-ring (bicyclic) bond motifs is 1. The lowest BCUT2D eigenvalue weighted by Crippen LogP contribution is -2.52. The molecule has 4 heterocycles. The molecule has 4 aliphatic heterocycles. The number of rotatable bonds is 6. The van der Waals surface area contributed by atoms with Gasteiger partial charge in [0.1, 0.15) is 11.6 Å². The van der Waals surface area contributed by atoms with E-state index in [4.69, 9.17) is 9.47 Å². The van der Waals surface area contributed by atoms with Crippen LogP contribution in [0.5, 0.6) is 0 Å². The van der Waals surface area contributed by atoms with Crippen molar-refractivity contribution in [2.75, 3.05) is 50.7 Å². The summed E-state index contributed by atoms with van der Waals surface area (Å²) in [6.07, 6.45) is 6.65. The quantitative estimate of drug-likeness (QED) is 0.469. The summed E-state index contributed by atoms with van der Waals surface area (Å²) in [5.74, 6) is -0.955. The fourth-order valence-corrected chi connectivity index (χ4v) is 7.60. The third kappa shape index (κ3) is 7.33. The minimum atomic E-state index is -0.759. The maximum atomic E-state index is 15.8. The Balaban J connectivity index is 0.925. The Morgan fingerprint density at radius 3 is 2.24 bits per heavy atom. The van der Waals surface area contributed by atoms with Gasteiger partial charge in [-0.05, 0) is 83.8 Å². The van der Waals surface area contributed by atoms with Crippen molar-refractivity contribution in [3.05, 3.63) is 29.1 Å². The molecule has 1 aliphatic carbocycles. The van der Waals surface area contributed by atoms with Crippen LogP contribution in [0.25, 0.3) is 0 Å². The van der Waals surface area contributed by atoms with Gasteiger partial charge in [0, 0.05) is 63.4 Å². The van der Waals surface area contributed by atoms with Gasteiger partial charge in [0.25, 0.3) is 5.91 Å². The number of carbonyl (C=O) groups is 4. The topological polar surface area (TPSA) is 112 Å². The zero-order valence-electron chi connectivity index (χ0n) is 27.4. The van der Waals surface area contributed by atoms with Crippen LogP contribution in [0, 0.1) is 11.7 Å². The van der Waals surface area contributed by atoms with Crippen molar-refractivity contribution in [3.8, 4) is 0 Å². The average molecular weight is 642 g/mol. The highest BCUT2D eigenvalue weighted by Crippen LogP contribution is 2.36. The van der Waals surface area contributed by atoms with Gasteiger partial charge in [-0.3, -0.25) is 24.6 Å². The van der Waals surface area contributed by atoms with Crippen molar-refractivity contribution in [2.45, 2.75) is 103 Å². The Hall–Kier alpha value is -3.25. The molecule has 0 radical (unpaired) electrons.